The molecule has 0 aliphatic heterocycles. The molecule has 6 heteroatoms. The molecule has 0 aromatic heterocycles. The van der Waals surface area contributed by atoms with Crippen molar-refractivity contribution in [2.24, 2.45) is 9.98 Å². The molecule has 0 aliphatic carbocycles. The highest BCUT2D eigenvalue weighted by Crippen LogP contribution is 2.34. The fourth-order valence-electron chi connectivity index (χ4n) is 3.40. The van der Waals surface area contributed by atoms with Crippen LogP contribution in [-0.2, 0) is 14.9 Å². The van der Waals surface area contributed by atoms with Crippen molar-refractivity contribution in [3.63, 3.8) is 0 Å². The minimum atomic E-state index is -0.267. The summed E-state index contributed by atoms with van der Waals surface area (Å²) in [5.41, 5.74) is 1.44. The van der Waals surface area contributed by atoms with Crippen LogP contribution in [0.3, 0.4) is 0 Å². The first-order valence-electron chi connectivity index (χ1n) is 10.6. The van der Waals surface area contributed by atoms with Gasteiger partial charge in [0.05, 0.1) is 12.0 Å². The number of rotatable bonds is 11. The predicted octanol–water partition coefficient (Wildman–Crippen LogP) is 4.57. The van der Waals surface area contributed by atoms with Crippen LogP contribution < -0.4 is 5.32 Å². The van der Waals surface area contributed by atoms with Crippen molar-refractivity contribution in [1.82, 2.24) is 5.32 Å². The monoisotopic (exact) mass is 403 g/mol. The Kier molecular flexibility index (Phi) is 10.9. The van der Waals surface area contributed by atoms with Crippen molar-refractivity contribution in [3.05, 3.63) is 35.4 Å². The van der Waals surface area contributed by atoms with Gasteiger partial charge >= 0.3 is 5.97 Å². The van der Waals surface area contributed by atoms with E-state index in [4.69, 9.17) is 4.74 Å². The lowest BCUT2D eigenvalue weighted by atomic mass is 9.74. The molecule has 162 valence electrons. The maximum Gasteiger partial charge on any atom is 0.305 e. The lowest BCUT2D eigenvalue weighted by Gasteiger charge is -2.32. The van der Waals surface area contributed by atoms with Gasteiger partial charge in [0.25, 0.3) is 5.91 Å². The minimum Gasteiger partial charge on any atom is -0.466 e. The van der Waals surface area contributed by atoms with Crippen LogP contribution in [0.1, 0.15) is 77.7 Å². The van der Waals surface area contributed by atoms with E-state index in [1.54, 1.807) is 13.1 Å². The Balaban J connectivity index is 0.00000841. The van der Waals surface area contributed by atoms with Crippen molar-refractivity contribution >= 4 is 23.9 Å². The van der Waals surface area contributed by atoms with Gasteiger partial charge in [-0.2, -0.15) is 0 Å². The number of benzene rings is 1. The molecule has 0 spiro atoms. The van der Waals surface area contributed by atoms with Crippen LogP contribution in [0.5, 0.6) is 0 Å². The second-order valence-corrected chi connectivity index (χ2v) is 6.72. The Morgan fingerprint density at radius 3 is 2.31 bits per heavy atom. The van der Waals surface area contributed by atoms with Crippen molar-refractivity contribution in [3.8, 4) is 0 Å². The maximum absolute atomic E-state index is 12.4. The van der Waals surface area contributed by atoms with Crippen LogP contribution in [0.4, 0.5) is 0 Å². The molecular weight excluding hydrogens is 366 g/mol. The molecule has 0 atom stereocenters. The highest BCUT2D eigenvalue weighted by molar-refractivity contribution is 5.98. The molecule has 0 aliphatic rings. The molecule has 1 aromatic rings. The Bertz CT molecular complexity index is 711. The first-order valence-corrected chi connectivity index (χ1v) is 10.6. The summed E-state index contributed by atoms with van der Waals surface area (Å²) in [6.07, 6.45) is 4.40. The average molecular weight is 404 g/mol. The number of carbonyl (C=O) groups excluding carboxylic acids is 2. The number of amides is 1. The SMILES string of the molecule is CC=NC(=NCC)C(CC)(CC)c1ccc(C(=O)NCCCC(=O)OCC)cc1.[HH]. The standard InChI is InChI=1S/C23H35N3O3.H2/c1-6-23(7-2,22(24-8-3)25-9-4)19-15-13-18(14-16-19)21(28)26-17-11-12-20(27)29-10-5;/h8,13-16H,6-7,9-12,17H2,1-5H3,(H,26,28);1H. The second kappa shape index (κ2) is 12.9. The van der Waals surface area contributed by atoms with Crippen molar-refractivity contribution in [2.45, 2.75) is 65.7 Å². The zero-order valence-electron chi connectivity index (χ0n) is 18.5. The molecule has 0 radical (unpaired) electrons. The normalized spacial score (nSPS) is 12.2. The van der Waals surface area contributed by atoms with Crippen molar-refractivity contribution < 1.29 is 15.8 Å². The molecule has 0 bridgehead atoms. The highest BCUT2D eigenvalue weighted by atomic mass is 16.5. The molecule has 0 fully saturated rings. The predicted molar refractivity (Wildman–Crippen MR) is 121 cm³/mol. The quantitative estimate of drug-likeness (QED) is 0.254. The summed E-state index contributed by atoms with van der Waals surface area (Å²) in [5.74, 6) is 0.456. The Labute approximate surface area is 176 Å². The van der Waals surface area contributed by atoms with E-state index in [-0.39, 0.29) is 18.7 Å². The van der Waals surface area contributed by atoms with Gasteiger partial charge in [-0.3, -0.25) is 14.6 Å². The minimum absolute atomic E-state index is 0. The largest absolute Gasteiger partial charge is 0.466 e. The first-order chi connectivity index (χ1) is 14.0. The summed E-state index contributed by atoms with van der Waals surface area (Å²) >= 11 is 0. The van der Waals surface area contributed by atoms with Gasteiger partial charge in [0.1, 0.15) is 5.84 Å². The van der Waals surface area contributed by atoms with Gasteiger partial charge in [-0.05, 0) is 57.7 Å². The number of esters is 1. The van der Waals surface area contributed by atoms with Crippen LogP contribution in [0.2, 0.25) is 0 Å². The van der Waals surface area contributed by atoms with Crippen molar-refractivity contribution in [2.75, 3.05) is 19.7 Å². The lowest BCUT2D eigenvalue weighted by Crippen LogP contribution is -2.34. The number of amidine groups is 1. The van der Waals surface area contributed by atoms with Crippen LogP contribution in [0.25, 0.3) is 0 Å². The molecule has 29 heavy (non-hydrogen) atoms. The third-order valence-electron chi connectivity index (χ3n) is 5.04. The van der Waals surface area contributed by atoms with Gasteiger partial charge in [-0.1, -0.05) is 26.0 Å². The van der Waals surface area contributed by atoms with E-state index in [2.05, 4.69) is 29.1 Å². The number of aliphatic imine (C=N–C) groups is 2. The molecule has 1 aromatic carbocycles. The summed E-state index contributed by atoms with van der Waals surface area (Å²) in [7, 11) is 0. The third-order valence-corrected chi connectivity index (χ3v) is 5.04. The number of hydrogen-bond donors (Lipinski definition) is 1. The molecular formula is C23H37N3O3. The number of nitrogens with one attached hydrogen (secondary N) is 1. The van der Waals surface area contributed by atoms with E-state index in [0.717, 1.165) is 24.2 Å². The highest BCUT2D eigenvalue weighted by Gasteiger charge is 2.34. The molecule has 6 nitrogen and oxygen atoms in total. The van der Waals surface area contributed by atoms with E-state index in [9.17, 15) is 9.59 Å². The maximum atomic E-state index is 12.4. The smallest absolute Gasteiger partial charge is 0.305 e. The van der Waals surface area contributed by atoms with Crippen LogP contribution >= 0.6 is 0 Å². The Morgan fingerprint density at radius 2 is 1.79 bits per heavy atom. The van der Waals surface area contributed by atoms with Gasteiger partial charge in [0.2, 0.25) is 0 Å². The first kappa shape index (κ1) is 24.5. The molecule has 1 rings (SSSR count). The van der Waals surface area contributed by atoms with Crippen LogP contribution in [0.15, 0.2) is 34.3 Å². The molecule has 0 unspecified atom stereocenters. The van der Waals surface area contributed by atoms with Crippen LogP contribution in [0, 0.1) is 0 Å². The summed E-state index contributed by atoms with van der Waals surface area (Å²) in [4.78, 5) is 32.9. The summed E-state index contributed by atoms with van der Waals surface area (Å²) in [6, 6.07) is 7.68. The van der Waals surface area contributed by atoms with Gasteiger partial charge in [0.15, 0.2) is 0 Å². The third kappa shape index (κ3) is 6.80. The van der Waals surface area contributed by atoms with E-state index in [0.29, 0.717) is 38.1 Å². The van der Waals surface area contributed by atoms with Crippen LogP contribution in [-0.4, -0.2) is 43.6 Å². The van der Waals surface area contributed by atoms with Crippen molar-refractivity contribution in [1.29, 1.82) is 0 Å². The molecule has 0 saturated heterocycles. The molecule has 0 heterocycles. The Morgan fingerprint density at radius 1 is 1.14 bits per heavy atom. The molecule has 0 saturated carbocycles. The zero-order valence-corrected chi connectivity index (χ0v) is 18.5. The molecule has 1 amide bonds. The van der Waals surface area contributed by atoms with Gasteiger partial charge < -0.3 is 10.1 Å². The fraction of sp³-hybridized carbons (Fsp3) is 0.565. The lowest BCUT2D eigenvalue weighted by molar-refractivity contribution is -0.143. The van der Waals surface area contributed by atoms with Gasteiger partial charge in [0, 0.05) is 32.7 Å². The Hall–Kier alpha value is -2.50. The van der Waals surface area contributed by atoms with E-state index >= 15 is 0 Å². The van der Waals surface area contributed by atoms with Gasteiger partial charge in [-0.25, -0.2) is 4.99 Å². The summed E-state index contributed by atoms with van der Waals surface area (Å²) in [5, 5.41) is 2.85. The number of nitrogens with zero attached hydrogens (tertiary/aromatic N) is 2. The van der Waals surface area contributed by atoms with E-state index < -0.39 is 0 Å². The van der Waals surface area contributed by atoms with Gasteiger partial charge in [-0.15, -0.1) is 0 Å². The number of carbonyl (C=O) groups is 2. The molecule has 1 N–H and O–H groups in total. The summed E-state index contributed by atoms with van der Waals surface area (Å²) in [6.45, 7) is 11.5. The number of ether oxygens (including phenoxy) is 1. The second-order valence-electron chi connectivity index (χ2n) is 6.72. The zero-order chi connectivity index (χ0) is 21.7. The van der Waals surface area contributed by atoms with E-state index in [1.807, 2.05) is 38.1 Å². The summed E-state index contributed by atoms with van der Waals surface area (Å²) < 4.78 is 4.88. The van der Waals surface area contributed by atoms with E-state index in [1.165, 1.54) is 0 Å². The topological polar surface area (TPSA) is 80.1 Å². The fourth-order valence-corrected chi connectivity index (χ4v) is 3.40. The average Bonchev–Trinajstić information content (AvgIpc) is 2.73. The number of hydrogen-bond acceptors (Lipinski definition) is 4.